The van der Waals surface area contributed by atoms with Crippen molar-refractivity contribution in [1.82, 2.24) is 10.6 Å². The van der Waals surface area contributed by atoms with E-state index in [1.165, 1.54) is 0 Å². The zero-order valence-corrected chi connectivity index (χ0v) is 15.2. The van der Waals surface area contributed by atoms with Gasteiger partial charge in [-0.3, -0.25) is 4.79 Å². The maximum Gasteiger partial charge on any atom is 0.236 e. The molecule has 1 rings (SSSR count). The van der Waals surface area contributed by atoms with Crippen LogP contribution in [0.15, 0.2) is 24.3 Å². The maximum atomic E-state index is 11.3. The van der Waals surface area contributed by atoms with Crippen LogP contribution in [0.25, 0.3) is 0 Å². The van der Waals surface area contributed by atoms with Crippen molar-refractivity contribution in [2.24, 2.45) is 0 Å². The number of amides is 1. The molecule has 0 radical (unpaired) electrons. The number of hydrogen-bond acceptors (Lipinski definition) is 3. The average Bonchev–Trinajstić information content (AvgIpc) is 2.46. The lowest BCUT2D eigenvalue weighted by Crippen LogP contribution is -2.56. The van der Waals surface area contributed by atoms with Crippen LogP contribution in [-0.4, -0.2) is 34.0 Å². The molecule has 1 atom stereocenters. The third-order valence-corrected chi connectivity index (χ3v) is 3.49. The second-order valence-electron chi connectivity index (χ2n) is 4.00. The number of halogens is 4. The number of ether oxygens (including phenoxy) is 1. The predicted octanol–water partition coefficient (Wildman–Crippen LogP) is 3.03. The Bertz CT molecular complexity index is 522. The molecule has 0 bridgehead atoms. The molecule has 0 aliphatic rings. The number of benzene rings is 1. The lowest BCUT2D eigenvalue weighted by atomic mass is 10.3. The van der Waals surface area contributed by atoms with Crippen molar-refractivity contribution in [1.29, 1.82) is 0 Å². The molecule has 0 aromatic heterocycles. The Hall–Kier alpha value is -0.660. The summed E-state index contributed by atoms with van der Waals surface area (Å²) >= 11 is 27.9. The Labute approximate surface area is 153 Å². The van der Waals surface area contributed by atoms with E-state index in [1.54, 1.807) is 31.4 Å². The molecule has 3 N–H and O–H groups in total. The first-order chi connectivity index (χ1) is 10.3. The minimum Gasteiger partial charge on any atom is -0.497 e. The molecular formula is C12H13Cl4N3O2S. The number of thiocarbonyl (C=S) groups is 1. The van der Waals surface area contributed by atoms with Gasteiger partial charge in [-0.25, -0.2) is 0 Å². The molecule has 5 nitrogen and oxygen atoms in total. The fourth-order valence-electron chi connectivity index (χ4n) is 1.37. The lowest BCUT2D eigenvalue weighted by Gasteiger charge is -2.27. The summed E-state index contributed by atoms with van der Waals surface area (Å²) in [5.74, 6) is -0.0619. The molecule has 0 aliphatic carbocycles. The van der Waals surface area contributed by atoms with Crippen molar-refractivity contribution in [3.63, 3.8) is 0 Å². The van der Waals surface area contributed by atoms with E-state index in [2.05, 4.69) is 16.0 Å². The average molecular weight is 405 g/mol. The van der Waals surface area contributed by atoms with Gasteiger partial charge in [-0.05, 0) is 36.5 Å². The first kappa shape index (κ1) is 19.4. The Balaban J connectivity index is 2.67. The normalized spacial score (nSPS) is 12.2. The monoisotopic (exact) mass is 403 g/mol. The third kappa shape index (κ3) is 6.62. The van der Waals surface area contributed by atoms with Gasteiger partial charge in [-0.15, -0.1) is 11.6 Å². The highest BCUT2D eigenvalue weighted by Crippen LogP contribution is 2.29. The summed E-state index contributed by atoms with van der Waals surface area (Å²) < 4.78 is 3.24. The molecule has 0 heterocycles. The van der Waals surface area contributed by atoms with Crippen LogP contribution >= 0.6 is 58.6 Å². The lowest BCUT2D eigenvalue weighted by molar-refractivity contribution is -0.119. The quantitative estimate of drug-likeness (QED) is 0.400. The number of rotatable bonds is 5. The van der Waals surface area contributed by atoms with Gasteiger partial charge < -0.3 is 20.7 Å². The molecule has 0 unspecified atom stereocenters. The summed E-state index contributed by atoms with van der Waals surface area (Å²) in [6.07, 6.45) is -1.04. The molecule has 1 aromatic rings. The third-order valence-electron chi connectivity index (χ3n) is 2.38. The minimum atomic E-state index is -1.81. The minimum absolute atomic E-state index is 0.163. The molecular weight excluding hydrogens is 392 g/mol. The Morgan fingerprint density at radius 1 is 1.27 bits per heavy atom. The van der Waals surface area contributed by atoms with Crippen LogP contribution in [0.1, 0.15) is 0 Å². The van der Waals surface area contributed by atoms with Gasteiger partial charge in [-0.2, -0.15) is 0 Å². The van der Waals surface area contributed by atoms with Crippen molar-refractivity contribution in [3.05, 3.63) is 24.3 Å². The van der Waals surface area contributed by atoms with E-state index in [0.29, 0.717) is 11.4 Å². The van der Waals surface area contributed by atoms with Gasteiger partial charge in [0.25, 0.3) is 0 Å². The number of nitrogens with one attached hydrogen (secondary N) is 3. The van der Waals surface area contributed by atoms with Gasteiger partial charge in [0.15, 0.2) is 5.11 Å². The zero-order valence-electron chi connectivity index (χ0n) is 11.3. The first-order valence-corrected chi connectivity index (χ1v) is 7.97. The summed E-state index contributed by atoms with van der Waals surface area (Å²) in [6, 6.07) is 7.03. The van der Waals surface area contributed by atoms with E-state index < -0.39 is 15.9 Å². The fourth-order valence-corrected chi connectivity index (χ4v) is 2.01. The van der Waals surface area contributed by atoms with Gasteiger partial charge in [-0.1, -0.05) is 34.8 Å². The van der Waals surface area contributed by atoms with Crippen molar-refractivity contribution in [3.8, 4) is 5.75 Å². The van der Waals surface area contributed by atoms with Crippen molar-refractivity contribution >= 4 is 75.3 Å². The summed E-state index contributed by atoms with van der Waals surface area (Å²) in [5.41, 5.74) is 0.699. The number of anilines is 1. The second-order valence-corrected chi connectivity index (χ2v) is 7.05. The highest BCUT2D eigenvalue weighted by molar-refractivity contribution is 7.80. The number of carbonyl (C=O) groups excluding carboxylic acids is 1. The molecule has 22 heavy (non-hydrogen) atoms. The van der Waals surface area contributed by atoms with E-state index in [4.69, 9.17) is 63.4 Å². The van der Waals surface area contributed by atoms with Crippen LogP contribution in [0.2, 0.25) is 0 Å². The highest BCUT2D eigenvalue weighted by atomic mass is 35.6. The molecule has 0 saturated carbocycles. The Morgan fingerprint density at radius 3 is 2.32 bits per heavy atom. The second kappa shape index (κ2) is 8.84. The van der Waals surface area contributed by atoms with E-state index in [0.717, 1.165) is 0 Å². The summed E-state index contributed by atoms with van der Waals surface area (Å²) in [5, 5.41) is 8.17. The molecule has 122 valence electrons. The molecule has 10 heteroatoms. The van der Waals surface area contributed by atoms with Gasteiger partial charge in [0.1, 0.15) is 17.8 Å². The van der Waals surface area contributed by atoms with Crippen LogP contribution in [0, 0.1) is 0 Å². The smallest absolute Gasteiger partial charge is 0.236 e. The zero-order chi connectivity index (χ0) is 16.8. The number of carbonyl (C=O) groups is 1. The van der Waals surface area contributed by atoms with Gasteiger partial charge in [0.05, 0.1) is 7.11 Å². The van der Waals surface area contributed by atoms with Crippen LogP contribution in [0.4, 0.5) is 5.69 Å². The van der Waals surface area contributed by atoms with Crippen molar-refractivity contribution < 1.29 is 9.53 Å². The molecule has 0 spiro atoms. The molecule has 1 aromatic carbocycles. The van der Waals surface area contributed by atoms with Crippen molar-refractivity contribution in [2.75, 3.05) is 18.3 Å². The predicted molar refractivity (Wildman–Crippen MR) is 95.3 cm³/mol. The molecule has 0 saturated heterocycles. The maximum absolute atomic E-state index is 11.3. The van der Waals surface area contributed by atoms with Gasteiger partial charge >= 0.3 is 0 Å². The highest BCUT2D eigenvalue weighted by Gasteiger charge is 2.34. The number of hydrogen-bond donors (Lipinski definition) is 3. The van der Waals surface area contributed by atoms with Gasteiger partial charge in [0, 0.05) is 5.69 Å². The summed E-state index contributed by atoms with van der Waals surface area (Å²) in [7, 11) is 1.57. The summed E-state index contributed by atoms with van der Waals surface area (Å²) in [4.78, 5) is 11.3. The number of alkyl halides is 4. The molecule has 0 aliphatic heterocycles. The van der Waals surface area contributed by atoms with Gasteiger partial charge in [0.2, 0.25) is 9.70 Å². The van der Waals surface area contributed by atoms with Crippen LogP contribution in [-0.2, 0) is 4.79 Å². The standard InChI is InChI=1S/C12H13Cl4N3O2S/c1-21-8-4-2-7(3-5-8)17-11(22)19-10(12(14,15)16)18-9(20)6-13/h2-5,10H,6H2,1H3,(H,18,20)(H2,17,19,22)/t10-/m1/s1. The topological polar surface area (TPSA) is 62.4 Å². The SMILES string of the molecule is COc1ccc(NC(=S)N[C@@H](NC(=O)CCl)C(Cl)(Cl)Cl)cc1. The first-order valence-electron chi connectivity index (χ1n) is 5.90. The van der Waals surface area contributed by atoms with Crippen molar-refractivity contribution in [2.45, 2.75) is 9.96 Å². The van der Waals surface area contributed by atoms with Crippen LogP contribution in [0.5, 0.6) is 5.75 Å². The fraction of sp³-hybridized carbons (Fsp3) is 0.333. The largest absolute Gasteiger partial charge is 0.497 e. The van der Waals surface area contributed by atoms with E-state index >= 15 is 0 Å². The Morgan fingerprint density at radius 2 is 1.86 bits per heavy atom. The Kier molecular flexibility index (Phi) is 7.79. The molecule has 0 fully saturated rings. The van der Waals surface area contributed by atoms with E-state index in [9.17, 15) is 4.79 Å². The van der Waals surface area contributed by atoms with Crippen LogP contribution < -0.4 is 20.7 Å². The van der Waals surface area contributed by atoms with Crippen LogP contribution in [0.3, 0.4) is 0 Å². The van der Waals surface area contributed by atoms with E-state index in [1.807, 2.05) is 0 Å². The number of methoxy groups -OCH3 is 1. The summed E-state index contributed by atoms with van der Waals surface area (Å²) in [6.45, 7) is 0. The molecule has 1 amide bonds. The van der Waals surface area contributed by atoms with E-state index in [-0.39, 0.29) is 11.0 Å².